The average Bonchev–Trinajstić information content (AvgIpc) is 3.44. The summed E-state index contributed by atoms with van der Waals surface area (Å²) in [7, 11) is 0. The van der Waals surface area contributed by atoms with Gasteiger partial charge in [-0.25, -0.2) is 0 Å². The van der Waals surface area contributed by atoms with Crippen LogP contribution in [0.4, 0.5) is 0 Å². The van der Waals surface area contributed by atoms with Crippen LogP contribution >= 0.6 is 0 Å². The third-order valence-corrected chi connectivity index (χ3v) is 9.09. The van der Waals surface area contributed by atoms with E-state index < -0.39 is 0 Å². The largest absolute Gasteiger partial charge is 0.404 e. The number of rotatable bonds is 21. The zero-order valence-corrected chi connectivity index (χ0v) is 27.1. The van der Waals surface area contributed by atoms with Gasteiger partial charge in [-0.3, -0.25) is 4.98 Å². The predicted octanol–water partition coefficient (Wildman–Crippen LogP) is 11.9. The second-order valence-electron chi connectivity index (χ2n) is 12.5. The molecule has 2 heterocycles. The fraction of sp³-hybridized carbons (Fsp3) is 0.525. The van der Waals surface area contributed by atoms with E-state index in [0.29, 0.717) is 0 Å². The van der Waals surface area contributed by atoms with Crippen LogP contribution in [0.3, 0.4) is 0 Å². The van der Waals surface area contributed by atoms with E-state index in [1.54, 1.807) is 0 Å². The number of pyridine rings is 1. The zero-order valence-electron chi connectivity index (χ0n) is 27.1. The van der Waals surface area contributed by atoms with Gasteiger partial charge in [-0.05, 0) is 41.7 Å². The first-order chi connectivity index (χ1) is 21.3. The van der Waals surface area contributed by atoms with Crippen LogP contribution in [0.1, 0.15) is 134 Å². The van der Waals surface area contributed by atoms with E-state index in [2.05, 4.69) is 103 Å². The summed E-state index contributed by atoms with van der Waals surface area (Å²) in [4.78, 5) is 11.4. The lowest BCUT2D eigenvalue weighted by atomic mass is 9.84. The van der Waals surface area contributed by atoms with Crippen molar-refractivity contribution in [3.05, 3.63) is 96.3 Å². The van der Waals surface area contributed by atoms with Crippen LogP contribution in [0.2, 0.25) is 0 Å². The minimum Gasteiger partial charge on any atom is -0.404 e. The van der Waals surface area contributed by atoms with Crippen molar-refractivity contribution in [2.24, 2.45) is 0 Å². The Morgan fingerprint density at radius 3 is 1.74 bits per heavy atom. The van der Waals surface area contributed by atoms with Crippen molar-refractivity contribution in [2.75, 3.05) is 6.54 Å². The van der Waals surface area contributed by atoms with Crippen LogP contribution < -0.4 is 0 Å². The average molecular weight is 581 g/mol. The summed E-state index contributed by atoms with van der Waals surface area (Å²) in [5.41, 5.74) is 4.57. The molecule has 0 radical (unpaired) electrons. The quantitative estimate of drug-likeness (QED) is 0.117. The SMILES string of the molecule is CCCCCCCCCCN1OC(c2ccc(-c3ccccc3)cc2)=CC1(CCCCCCCCCC)c1cccnc1. The highest BCUT2D eigenvalue weighted by atomic mass is 16.7. The van der Waals surface area contributed by atoms with E-state index in [-0.39, 0.29) is 5.54 Å². The van der Waals surface area contributed by atoms with Gasteiger partial charge in [0.2, 0.25) is 0 Å². The molecule has 3 nitrogen and oxygen atoms in total. The van der Waals surface area contributed by atoms with Crippen molar-refractivity contribution < 1.29 is 4.84 Å². The Morgan fingerprint density at radius 2 is 1.14 bits per heavy atom. The molecule has 0 saturated carbocycles. The maximum Gasteiger partial charge on any atom is 0.153 e. The van der Waals surface area contributed by atoms with Crippen molar-refractivity contribution in [3.8, 4) is 11.1 Å². The summed E-state index contributed by atoms with van der Waals surface area (Å²) in [6.45, 7) is 5.52. The first-order valence-electron chi connectivity index (χ1n) is 17.5. The van der Waals surface area contributed by atoms with E-state index >= 15 is 0 Å². The lowest BCUT2D eigenvalue weighted by molar-refractivity contribution is -0.139. The molecule has 0 fully saturated rings. The first kappa shape index (κ1) is 33.0. The van der Waals surface area contributed by atoms with Crippen molar-refractivity contribution in [3.63, 3.8) is 0 Å². The van der Waals surface area contributed by atoms with Crippen LogP contribution in [0, 0.1) is 0 Å². The molecule has 232 valence electrons. The Labute approximate surface area is 262 Å². The van der Waals surface area contributed by atoms with E-state index in [0.717, 1.165) is 30.7 Å². The summed E-state index contributed by atoms with van der Waals surface area (Å²) in [5, 5.41) is 2.31. The smallest absolute Gasteiger partial charge is 0.153 e. The second-order valence-corrected chi connectivity index (χ2v) is 12.5. The van der Waals surface area contributed by atoms with Gasteiger partial charge >= 0.3 is 0 Å². The Morgan fingerprint density at radius 1 is 0.581 bits per heavy atom. The van der Waals surface area contributed by atoms with Gasteiger partial charge in [0, 0.05) is 24.5 Å². The second kappa shape index (κ2) is 18.7. The number of hydrogen-bond donors (Lipinski definition) is 0. The third-order valence-electron chi connectivity index (χ3n) is 9.09. The van der Waals surface area contributed by atoms with Gasteiger partial charge in [0.1, 0.15) is 5.54 Å². The van der Waals surface area contributed by atoms with Gasteiger partial charge in [0.15, 0.2) is 5.76 Å². The summed E-state index contributed by atoms with van der Waals surface area (Å²) in [5.74, 6) is 0.975. The highest BCUT2D eigenvalue weighted by Crippen LogP contribution is 2.45. The number of nitrogens with zero attached hydrogens (tertiary/aromatic N) is 2. The summed E-state index contributed by atoms with van der Waals surface area (Å²) in [6, 6.07) is 23.8. The molecule has 0 saturated heterocycles. The lowest BCUT2D eigenvalue weighted by Gasteiger charge is -2.36. The van der Waals surface area contributed by atoms with Crippen molar-refractivity contribution >= 4 is 5.76 Å². The van der Waals surface area contributed by atoms with Gasteiger partial charge in [-0.1, -0.05) is 171 Å². The lowest BCUT2D eigenvalue weighted by Crippen LogP contribution is -2.41. The van der Waals surface area contributed by atoms with Crippen LogP contribution in [0.15, 0.2) is 85.2 Å². The number of aromatic nitrogens is 1. The monoisotopic (exact) mass is 580 g/mol. The molecule has 0 spiro atoms. The van der Waals surface area contributed by atoms with Gasteiger partial charge in [-0.15, -0.1) is 5.06 Å². The third kappa shape index (κ3) is 10.1. The van der Waals surface area contributed by atoms with Gasteiger partial charge in [0.05, 0.1) is 0 Å². The normalized spacial score (nSPS) is 16.7. The minimum absolute atomic E-state index is 0.287. The van der Waals surface area contributed by atoms with Crippen molar-refractivity contribution in [1.29, 1.82) is 0 Å². The van der Waals surface area contributed by atoms with Crippen LogP contribution in [-0.4, -0.2) is 16.6 Å². The summed E-state index contributed by atoms with van der Waals surface area (Å²) in [6.07, 6.45) is 28.5. The Balaban J connectivity index is 1.49. The molecule has 4 rings (SSSR count). The fourth-order valence-corrected chi connectivity index (χ4v) is 6.46. The molecule has 1 unspecified atom stereocenters. The van der Waals surface area contributed by atoms with E-state index in [1.165, 1.54) is 113 Å². The number of hydrogen-bond acceptors (Lipinski definition) is 3. The maximum absolute atomic E-state index is 6.81. The maximum atomic E-state index is 6.81. The van der Waals surface area contributed by atoms with E-state index in [9.17, 15) is 0 Å². The standard InChI is InChI=1S/C40H56N2O/c1-3-5-7-9-11-13-15-20-30-40(38-25-22-31-41-34-38)33-39(43-42(40)32-21-16-14-12-10-8-6-4-2)37-28-26-36(27-29-37)35-23-18-17-19-24-35/h17-19,22-29,31,33-34H,3-16,20-21,30,32H2,1-2H3. The molecule has 0 bridgehead atoms. The predicted molar refractivity (Wildman–Crippen MR) is 183 cm³/mol. The Bertz CT molecular complexity index is 1170. The van der Waals surface area contributed by atoms with Crippen LogP contribution in [-0.2, 0) is 10.4 Å². The molecule has 1 aliphatic rings. The Hall–Kier alpha value is -2.91. The molecule has 3 heteroatoms. The zero-order chi connectivity index (χ0) is 30.0. The first-order valence-corrected chi connectivity index (χ1v) is 17.5. The van der Waals surface area contributed by atoms with Crippen LogP contribution in [0.5, 0.6) is 0 Å². The van der Waals surface area contributed by atoms with Crippen molar-refractivity contribution in [2.45, 2.75) is 129 Å². The number of benzene rings is 2. The number of hydroxylamine groups is 2. The molecule has 43 heavy (non-hydrogen) atoms. The molecule has 2 aromatic carbocycles. The summed E-state index contributed by atoms with van der Waals surface area (Å²) < 4.78 is 0. The molecular weight excluding hydrogens is 524 g/mol. The molecule has 1 atom stereocenters. The van der Waals surface area contributed by atoms with E-state index in [1.807, 2.05) is 6.20 Å². The fourth-order valence-electron chi connectivity index (χ4n) is 6.46. The molecule has 0 aliphatic carbocycles. The molecule has 3 aromatic rings. The number of unbranched alkanes of at least 4 members (excludes halogenated alkanes) is 14. The highest BCUT2D eigenvalue weighted by Gasteiger charge is 2.44. The summed E-state index contributed by atoms with van der Waals surface area (Å²) >= 11 is 0. The minimum atomic E-state index is -0.287. The van der Waals surface area contributed by atoms with Crippen molar-refractivity contribution in [1.82, 2.24) is 10.0 Å². The molecule has 0 N–H and O–H groups in total. The topological polar surface area (TPSA) is 25.4 Å². The van der Waals surface area contributed by atoms with Gasteiger partial charge < -0.3 is 4.84 Å². The van der Waals surface area contributed by atoms with Gasteiger partial charge in [0.25, 0.3) is 0 Å². The molecule has 0 amide bonds. The Kier molecular flexibility index (Phi) is 14.3. The van der Waals surface area contributed by atoms with Gasteiger partial charge in [-0.2, -0.15) is 0 Å². The molecule has 1 aliphatic heterocycles. The molecule has 1 aromatic heterocycles. The van der Waals surface area contributed by atoms with Crippen LogP contribution in [0.25, 0.3) is 16.9 Å². The van der Waals surface area contributed by atoms with E-state index in [4.69, 9.17) is 4.84 Å². The molecular formula is C40H56N2O. The highest BCUT2D eigenvalue weighted by molar-refractivity contribution is 5.69.